The Bertz CT molecular complexity index is 490. The molecule has 1 aromatic heterocycles. The van der Waals surface area contributed by atoms with Crippen molar-refractivity contribution in [1.29, 1.82) is 0 Å². The van der Waals surface area contributed by atoms with E-state index >= 15 is 0 Å². The second-order valence-corrected chi connectivity index (χ2v) is 4.48. The van der Waals surface area contributed by atoms with E-state index < -0.39 is 0 Å². The molecular formula is C14H16N2O. The van der Waals surface area contributed by atoms with Crippen molar-refractivity contribution >= 4 is 5.88 Å². The lowest BCUT2D eigenvalue weighted by Crippen LogP contribution is -1.97. The standard InChI is InChI=1S/C14H16N2O/c1-2-6-11(7-3-1)10-13-12-8-4-5-9-15-14(12)17-16-13/h1-3,6-7,15H,4-5,8-10H2. The first-order valence-electron chi connectivity index (χ1n) is 6.19. The van der Waals surface area contributed by atoms with Crippen molar-refractivity contribution in [3.8, 4) is 0 Å². The van der Waals surface area contributed by atoms with Gasteiger partial charge in [-0.1, -0.05) is 35.5 Å². The SMILES string of the molecule is c1ccc(Cc2noc3c2CCCCN3)cc1. The number of rotatable bonds is 2. The molecule has 0 bridgehead atoms. The van der Waals surface area contributed by atoms with Gasteiger partial charge in [-0.05, 0) is 24.8 Å². The van der Waals surface area contributed by atoms with Crippen LogP contribution in [-0.4, -0.2) is 11.7 Å². The van der Waals surface area contributed by atoms with Crippen molar-refractivity contribution in [2.24, 2.45) is 0 Å². The number of hydrogen-bond acceptors (Lipinski definition) is 3. The number of anilines is 1. The number of aromatic nitrogens is 1. The molecule has 0 spiro atoms. The van der Waals surface area contributed by atoms with Gasteiger partial charge in [-0.2, -0.15) is 0 Å². The van der Waals surface area contributed by atoms with Crippen molar-refractivity contribution < 1.29 is 4.52 Å². The van der Waals surface area contributed by atoms with Crippen LogP contribution in [-0.2, 0) is 12.8 Å². The Morgan fingerprint density at radius 3 is 2.94 bits per heavy atom. The topological polar surface area (TPSA) is 38.1 Å². The maximum Gasteiger partial charge on any atom is 0.228 e. The van der Waals surface area contributed by atoms with E-state index in [1.54, 1.807) is 0 Å². The zero-order valence-electron chi connectivity index (χ0n) is 9.78. The first-order chi connectivity index (χ1) is 8.43. The largest absolute Gasteiger partial charge is 0.354 e. The fourth-order valence-electron chi connectivity index (χ4n) is 2.30. The average Bonchev–Trinajstić information content (AvgIpc) is 2.61. The summed E-state index contributed by atoms with van der Waals surface area (Å²) in [7, 11) is 0. The molecule has 3 rings (SSSR count). The third kappa shape index (κ3) is 2.18. The molecule has 0 fully saturated rings. The lowest BCUT2D eigenvalue weighted by Gasteiger charge is -2.00. The molecule has 0 aliphatic carbocycles. The lowest BCUT2D eigenvalue weighted by molar-refractivity contribution is 0.425. The number of fused-ring (bicyclic) bond motifs is 1. The van der Waals surface area contributed by atoms with E-state index in [2.05, 4.69) is 34.7 Å². The lowest BCUT2D eigenvalue weighted by atomic mass is 10.0. The van der Waals surface area contributed by atoms with Gasteiger partial charge in [-0.15, -0.1) is 0 Å². The number of nitrogens with zero attached hydrogens (tertiary/aromatic N) is 1. The first kappa shape index (κ1) is 10.4. The average molecular weight is 228 g/mol. The number of nitrogens with one attached hydrogen (secondary N) is 1. The Labute approximate surface area is 101 Å². The highest BCUT2D eigenvalue weighted by molar-refractivity contribution is 5.45. The van der Waals surface area contributed by atoms with Crippen LogP contribution in [0.1, 0.15) is 29.7 Å². The van der Waals surface area contributed by atoms with Crippen LogP contribution in [0.15, 0.2) is 34.9 Å². The van der Waals surface area contributed by atoms with Crippen LogP contribution in [0, 0.1) is 0 Å². The van der Waals surface area contributed by atoms with Crippen LogP contribution < -0.4 is 5.32 Å². The van der Waals surface area contributed by atoms with Crippen LogP contribution >= 0.6 is 0 Å². The Kier molecular flexibility index (Phi) is 2.82. The normalized spacial score (nSPS) is 14.8. The molecule has 0 saturated heterocycles. The molecular weight excluding hydrogens is 212 g/mol. The molecule has 1 aromatic carbocycles. The van der Waals surface area contributed by atoms with Crippen molar-refractivity contribution in [2.45, 2.75) is 25.7 Å². The van der Waals surface area contributed by atoms with Gasteiger partial charge in [0.05, 0.1) is 5.69 Å². The molecule has 3 heteroatoms. The molecule has 1 N–H and O–H groups in total. The summed E-state index contributed by atoms with van der Waals surface area (Å²) in [4.78, 5) is 0. The predicted molar refractivity (Wildman–Crippen MR) is 67.2 cm³/mol. The number of hydrogen-bond donors (Lipinski definition) is 1. The summed E-state index contributed by atoms with van der Waals surface area (Å²) >= 11 is 0. The Morgan fingerprint density at radius 2 is 2.06 bits per heavy atom. The van der Waals surface area contributed by atoms with Crippen LogP contribution in [0.4, 0.5) is 5.88 Å². The summed E-state index contributed by atoms with van der Waals surface area (Å²) in [6, 6.07) is 10.4. The molecule has 88 valence electrons. The van der Waals surface area contributed by atoms with Gasteiger partial charge in [-0.3, -0.25) is 0 Å². The van der Waals surface area contributed by atoms with Gasteiger partial charge in [0.2, 0.25) is 5.88 Å². The van der Waals surface area contributed by atoms with Crippen molar-refractivity contribution in [2.75, 3.05) is 11.9 Å². The highest BCUT2D eigenvalue weighted by Gasteiger charge is 2.17. The van der Waals surface area contributed by atoms with E-state index in [1.807, 2.05) is 6.07 Å². The minimum Gasteiger partial charge on any atom is -0.354 e. The Hall–Kier alpha value is -1.77. The Balaban J connectivity index is 1.86. The molecule has 1 aliphatic rings. The highest BCUT2D eigenvalue weighted by atomic mass is 16.5. The zero-order valence-corrected chi connectivity index (χ0v) is 9.78. The summed E-state index contributed by atoms with van der Waals surface area (Å²) in [5.41, 5.74) is 3.64. The van der Waals surface area contributed by atoms with E-state index in [4.69, 9.17) is 4.52 Å². The second-order valence-electron chi connectivity index (χ2n) is 4.48. The fourth-order valence-corrected chi connectivity index (χ4v) is 2.30. The minimum atomic E-state index is 0.862. The molecule has 17 heavy (non-hydrogen) atoms. The van der Waals surface area contributed by atoms with Gasteiger partial charge >= 0.3 is 0 Å². The van der Waals surface area contributed by atoms with Gasteiger partial charge in [-0.25, -0.2) is 0 Å². The van der Waals surface area contributed by atoms with Gasteiger partial charge in [0.25, 0.3) is 0 Å². The minimum absolute atomic E-state index is 0.862. The molecule has 0 atom stereocenters. The Morgan fingerprint density at radius 1 is 1.18 bits per heavy atom. The molecule has 2 heterocycles. The van der Waals surface area contributed by atoms with E-state index in [0.717, 1.165) is 31.0 Å². The zero-order chi connectivity index (χ0) is 11.5. The molecule has 3 nitrogen and oxygen atoms in total. The van der Waals surface area contributed by atoms with Gasteiger partial charge < -0.3 is 9.84 Å². The third-order valence-electron chi connectivity index (χ3n) is 3.22. The maximum absolute atomic E-state index is 5.38. The second kappa shape index (κ2) is 4.62. The van der Waals surface area contributed by atoms with Crippen LogP contribution in [0.2, 0.25) is 0 Å². The van der Waals surface area contributed by atoms with E-state index in [1.165, 1.54) is 24.0 Å². The quantitative estimate of drug-likeness (QED) is 0.858. The smallest absolute Gasteiger partial charge is 0.228 e. The fraction of sp³-hybridized carbons (Fsp3) is 0.357. The summed E-state index contributed by atoms with van der Waals surface area (Å²) < 4.78 is 5.38. The highest BCUT2D eigenvalue weighted by Crippen LogP contribution is 2.26. The van der Waals surface area contributed by atoms with E-state index in [-0.39, 0.29) is 0 Å². The molecule has 0 saturated carbocycles. The van der Waals surface area contributed by atoms with E-state index in [0.29, 0.717) is 0 Å². The number of benzene rings is 1. The van der Waals surface area contributed by atoms with Crippen LogP contribution in [0.5, 0.6) is 0 Å². The molecule has 2 aromatic rings. The summed E-state index contributed by atoms with van der Waals surface area (Å²) in [5.74, 6) is 0.883. The van der Waals surface area contributed by atoms with Gasteiger partial charge in [0, 0.05) is 18.5 Å². The molecule has 0 unspecified atom stereocenters. The van der Waals surface area contributed by atoms with Crippen molar-refractivity contribution in [1.82, 2.24) is 5.16 Å². The van der Waals surface area contributed by atoms with Crippen molar-refractivity contribution in [3.63, 3.8) is 0 Å². The van der Waals surface area contributed by atoms with Crippen LogP contribution in [0.25, 0.3) is 0 Å². The van der Waals surface area contributed by atoms with Gasteiger partial charge in [0.1, 0.15) is 0 Å². The predicted octanol–water partition coefficient (Wildman–Crippen LogP) is 3.01. The molecule has 0 radical (unpaired) electrons. The summed E-state index contributed by atoms with van der Waals surface area (Å²) in [6.45, 7) is 0.993. The van der Waals surface area contributed by atoms with Gasteiger partial charge in [0.15, 0.2) is 0 Å². The maximum atomic E-state index is 5.38. The molecule has 0 amide bonds. The van der Waals surface area contributed by atoms with Crippen molar-refractivity contribution in [3.05, 3.63) is 47.2 Å². The first-order valence-corrected chi connectivity index (χ1v) is 6.19. The third-order valence-corrected chi connectivity index (χ3v) is 3.22. The monoisotopic (exact) mass is 228 g/mol. The summed E-state index contributed by atoms with van der Waals surface area (Å²) in [6.07, 6.45) is 4.35. The molecule has 1 aliphatic heterocycles. The summed E-state index contributed by atoms with van der Waals surface area (Å²) in [5, 5.41) is 7.50. The van der Waals surface area contributed by atoms with E-state index in [9.17, 15) is 0 Å². The van der Waals surface area contributed by atoms with Crippen LogP contribution in [0.3, 0.4) is 0 Å².